The maximum atomic E-state index is 12.4. The van der Waals surface area contributed by atoms with Crippen LogP contribution in [0.3, 0.4) is 0 Å². The van der Waals surface area contributed by atoms with E-state index in [0.717, 1.165) is 43.9 Å². The van der Waals surface area contributed by atoms with E-state index in [1.165, 1.54) is 20.3 Å². The summed E-state index contributed by atoms with van der Waals surface area (Å²) in [4.78, 5) is 35.9. The van der Waals surface area contributed by atoms with E-state index >= 15 is 0 Å². The van der Waals surface area contributed by atoms with Crippen molar-refractivity contribution < 1.29 is 28.6 Å². The molecule has 6 nitrogen and oxygen atoms in total. The summed E-state index contributed by atoms with van der Waals surface area (Å²) in [6.07, 6.45) is 5.60. The molecule has 1 unspecified atom stereocenters. The Morgan fingerprint density at radius 3 is 2.11 bits per heavy atom. The molecule has 6 heteroatoms. The molecule has 0 amide bonds. The molecule has 0 spiro atoms. The van der Waals surface area contributed by atoms with Gasteiger partial charge in [-0.05, 0) is 76.0 Å². The third kappa shape index (κ3) is 3.90. The molecule has 4 fully saturated rings. The fourth-order valence-electron chi connectivity index (χ4n) is 5.60. The molecule has 0 aromatic rings. The molecule has 0 aromatic carbocycles. The molecular formula is C21H30O6. The number of carbonyl (C=O) groups excluding carboxylic acids is 3. The monoisotopic (exact) mass is 378 g/mol. The van der Waals surface area contributed by atoms with Crippen LogP contribution in [0.15, 0.2) is 12.2 Å². The minimum Gasteiger partial charge on any atom is -0.456 e. The van der Waals surface area contributed by atoms with Gasteiger partial charge in [-0.15, -0.1) is 0 Å². The zero-order valence-electron chi connectivity index (χ0n) is 16.5. The zero-order chi connectivity index (χ0) is 19.8. The summed E-state index contributed by atoms with van der Waals surface area (Å²) in [5, 5.41) is 0. The number of hydrogen-bond acceptors (Lipinski definition) is 6. The molecule has 4 saturated carbocycles. The molecule has 0 radical (unpaired) electrons. The van der Waals surface area contributed by atoms with Crippen LogP contribution in [-0.2, 0) is 28.6 Å². The standard InChI is InChI=1S/C21H30O6/c1-5-21(16-7-14-6-15(9-16)10-17(21)8-14)27-18(22)11-25-20(24)13(4)26-19(23)12(2)3/h13-17H,2,5-11H2,1,3-4H3. The van der Waals surface area contributed by atoms with E-state index in [1.54, 1.807) is 0 Å². The van der Waals surface area contributed by atoms with Crippen LogP contribution in [-0.4, -0.2) is 36.2 Å². The Labute approximate surface area is 160 Å². The van der Waals surface area contributed by atoms with E-state index in [-0.39, 0.29) is 5.57 Å². The second-order valence-corrected chi connectivity index (χ2v) is 8.52. The third-order valence-corrected chi connectivity index (χ3v) is 6.67. The van der Waals surface area contributed by atoms with E-state index in [1.807, 2.05) is 0 Å². The maximum Gasteiger partial charge on any atom is 0.347 e. The van der Waals surface area contributed by atoms with Gasteiger partial charge in [0.25, 0.3) is 0 Å². The van der Waals surface area contributed by atoms with Gasteiger partial charge in [0.1, 0.15) is 5.60 Å². The Bertz CT molecular complexity index is 609. The van der Waals surface area contributed by atoms with Gasteiger partial charge in [-0.25, -0.2) is 14.4 Å². The Morgan fingerprint density at radius 1 is 1.07 bits per heavy atom. The number of carbonyl (C=O) groups is 3. The van der Waals surface area contributed by atoms with E-state index in [9.17, 15) is 14.4 Å². The summed E-state index contributed by atoms with van der Waals surface area (Å²) in [6, 6.07) is 0. The molecule has 150 valence electrons. The molecule has 0 N–H and O–H groups in total. The number of rotatable bonds is 7. The van der Waals surface area contributed by atoms with E-state index in [4.69, 9.17) is 14.2 Å². The van der Waals surface area contributed by atoms with Crippen molar-refractivity contribution in [2.75, 3.05) is 6.61 Å². The average molecular weight is 378 g/mol. The molecule has 0 heterocycles. The molecule has 4 bridgehead atoms. The van der Waals surface area contributed by atoms with Crippen LogP contribution < -0.4 is 0 Å². The minimum atomic E-state index is -1.09. The van der Waals surface area contributed by atoms with Crippen LogP contribution >= 0.6 is 0 Å². The smallest absolute Gasteiger partial charge is 0.347 e. The highest BCUT2D eigenvalue weighted by Gasteiger charge is 2.58. The molecule has 27 heavy (non-hydrogen) atoms. The molecule has 0 aromatic heterocycles. The van der Waals surface area contributed by atoms with Crippen molar-refractivity contribution in [2.45, 2.75) is 71.0 Å². The predicted molar refractivity (Wildman–Crippen MR) is 97.5 cm³/mol. The van der Waals surface area contributed by atoms with Gasteiger partial charge in [-0.2, -0.15) is 0 Å². The summed E-state index contributed by atoms with van der Waals surface area (Å²) >= 11 is 0. The normalized spacial score (nSPS) is 34.6. The fraction of sp³-hybridized carbons (Fsp3) is 0.762. The van der Waals surface area contributed by atoms with Crippen molar-refractivity contribution >= 4 is 17.9 Å². The second-order valence-electron chi connectivity index (χ2n) is 8.52. The van der Waals surface area contributed by atoms with Gasteiger partial charge in [0, 0.05) is 5.57 Å². The molecule has 1 atom stereocenters. The fourth-order valence-corrected chi connectivity index (χ4v) is 5.60. The van der Waals surface area contributed by atoms with Gasteiger partial charge < -0.3 is 14.2 Å². The topological polar surface area (TPSA) is 78.9 Å². The molecule has 4 aliphatic rings. The Kier molecular flexibility index (Phi) is 5.63. The number of hydrogen-bond donors (Lipinski definition) is 0. The number of ether oxygens (including phenoxy) is 3. The quantitative estimate of drug-likeness (QED) is 0.385. The molecular weight excluding hydrogens is 348 g/mol. The van der Waals surface area contributed by atoms with Crippen LogP contribution in [0.1, 0.15) is 59.3 Å². The lowest BCUT2D eigenvalue weighted by Crippen LogP contribution is -2.59. The predicted octanol–water partition coefficient (Wildman–Crippen LogP) is 3.19. The first-order chi connectivity index (χ1) is 12.7. The van der Waals surface area contributed by atoms with E-state index < -0.39 is 36.2 Å². The van der Waals surface area contributed by atoms with Gasteiger partial charge in [0.15, 0.2) is 12.7 Å². The van der Waals surface area contributed by atoms with Crippen molar-refractivity contribution in [3.63, 3.8) is 0 Å². The minimum absolute atomic E-state index is 0.195. The molecule has 4 aliphatic carbocycles. The molecule has 0 aliphatic heterocycles. The van der Waals surface area contributed by atoms with Gasteiger partial charge in [0.2, 0.25) is 0 Å². The van der Waals surface area contributed by atoms with Gasteiger partial charge >= 0.3 is 17.9 Å². The SMILES string of the molecule is C=C(C)C(=O)OC(C)C(=O)OCC(=O)OC1(CC)C2CC3CC(C2)CC1C3. The van der Waals surface area contributed by atoms with Crippen molar-refractivity contribution in [1.82, 2.24) is 0 Å². The lowest BCUT2D eigenvalue weighted by molar-refractivity contribution is -0.214. The Morgan fingerprint density at radius 2 is 1.63 bits per heavy atom. The summed E-state index contributed by atoms with van der Waals surface area (Å²) in [5.41, 5.74) is -0.213. The summed E-state index contributed by atoms with van der Waals surface area (Å²) in [7, 11) is 0. The largest absolute Gasteiger partial charge is 0.456 e. The van der Waals surface area contributed by atoms with Crippen molar-refractivity contribution in [2.24, 2.45) is 23.7 Å². The second kappa shape index (κ2) is 7.64. The van der Waals surface area contributed by atoms with Gasteiger partial charge in [0.05, 0.1) is 0 Å². The average Bonchev–Trinajstić information content (AvgIpc) is 2.62. The van der Waals surface area contributed by atoms with E-state index in [2.05, 4.69) is 13.5 Å². The molecule has 0 saturated heterocycles. The van der Waals surface area contributed by atoms with Gasteiger partial charge in [-0.1, -0.05) is 13.5 Å². The van der Waals surface area contributed by atoms with E-state index in [0.29, 0.717) is 11.8 Å². The maximum absolute atomic E-state index is 12.4. The highest BCUT2D eigenvalue weighted by Crippen LogP contribution is 2.60. The van der Waals surface area contributed by atoms with Crippen LogP contribution in [0.2, 0.25) is 0 Å². The lowest BCUT2D eigenvalue weighted by atomic mass is 9.49. The van der Waals surface area contributed by atoms with Crippen LogP contribution in [0.4, 0.5) is 0 Å². The highest BCUT2D eigenvalue weighted by molar-refractivity contribution is 5.89. The van der Waals surface area contributed by atoms with Gasteiger partial charge in [-0.3, -0.25) is 0 Å². The van der Waals surface area contributed by atoms with Crippen molar-refractivity contribution in [3.8, 4) is 0 Å². The lowest BCUT2D eigenvalue weighted by Gasteiger charge is -2.60. The zero-order valence-corrected chi connectivity index (χ0v) is 16.5. The highest BCUT2D eigenvalue weighted by atomic mass is 16.6. The first-order valence-corrected chi connectivity index (χ1v) is 10.00. The van der Waals surface area contributed by atoms with Crippen LogP contribution in [0.5, 0.6) is 0 Å². The number of esters is 3. The van der Waals surface area contributed by atoms with Crippen LogP contribution in [0, 0.1) is 23.7 Å². The van der Waals surface area contributed by atoms with Crippen molar-refractivity contribution in [3.05, 3.63) is 12.2 Å². The van der Waals surface area contributed by atoms with Crippen LogP contribution in [0.25, 0.3) is 0 Å². The first-order valence-electron chi connectivity index (χ1n) is 10.00. The van der Waals surface area contributed by atoms with Crippen molar-refractivity contribution in [1.29, 1.82) is 0 Å². The Hall–Kier alpha value is -1.85. The third-order valence-electron chi connectivity index (χ3n) is 6.67. The first kappa shape index (κ1) is 19.9. The summed E-state index contributed by atoms with van der Waals surface area (Å²) in [6.45, 7) is 7.98. The summed E-state index contributed by atoms with van der Waals surface area (Å²) < 4.78 is 15.9. The molecule has 4 rings (SSSR count). The Balaban J connectivity index is 1.53. The summed E-state index contributed by atoms with van der Waals surface area (Å²) in [5.74, 6) is 0.469.